The molecule has 0 saturated carbocycles. The van der Waals surface area contributed by atoms with Crippen molar-refractivity contribution in [3.05, 3.63) is 88.4 Å². The molecule has 0 aliphatic carbocycles. The Balaban J connectivity index is 1.34. The fourth-order valence-corrected chi connectivity index (χ4v) is 4.11. The zero-order chi connectivity index (χ0) is 20.8. The zero-order valence-corrected chi connectivity index (χ0v) is 18.3. The Hall–Kier alpha value is -2.65. The van der Waals surface area contributed by atoms with Gasteiger partial charge in [0.1, 0.15) is 12.4 Å². The second kappa shape index (κ2) is 9.90. The van der Waals surface area contributed by atoms with Gasteiger partial charge in [0.25, 0.3) is 0 Å². The molecular formula is C26H29ClN2O. The lowest BCUT2D eigenvalue weighted by Gasteiger charge is -2.29. The van der Waals surface area contributed by atoms with Gasteiger partial charge in [-0.2, -0.15) is 0 Å². The van der Waals surface area contributed by atoms with E-state index < -0.39 is 0 Å². The van der Waals surface area contributed by atoms with Gasteiger partial charge in [-0.25, -0.2) is 0 Å². The molecule has 0 radical (unpaired) electrons. The molecule has 4 rings (SSSR count). The Kier molecular flexibility index (Phi) is 6.81. The van der Waals surface area contributed by atoms with E-state index in [2.05, 4.69) is 65.7 Å². The van der Waals surface area contributed by atoms with Crippen LogP contribution in [0.4, 0.5) is 11.4 Å². The first kappa shape index (κ1) is 20.6. The Morgan fingerprint density at radius 2 is 1.70 bits per heavy atom. The van der Waals surface area contributed by atoms with Crippen LogP contribution in [0.25, 0.3) is 0 Å². The van der Waals surface area contributed by atoms with Crippen LogP contribution in [-0.2, 0) is 13.2 Å². The lowest BCUT2D eigenvalue weighted by molar-refractivity contribution is 0.306. The topological polar surface area (TPSA) is 24.5 Å². The van der Waals surface area contributed by atoms with Crippen LogP contribution in [0.3, 0.4) is 0 Å². The highest BCUT2D eigenvalue weighted by Crippen LogP contribution is 2.31. The molecule has 3 nitrogen and oxygen atoms in total. The van der Waals surface area contributed by atoms with Gasteiger partial charge in [-0.3, -0.25) is 0 Å². The van der Waals surface area contributed by atoms with Gasteiger partial charge in [-0.1, -0.05) is 53.6 Å². The van der Waals surface area contributed by atoms with Crippen molar-refractivity contribution in [1.29, 1.82) is 0 Å². The molecule has 1 aliphatic rings. The number of hydrogen-bond acceptors (Lipinski definition) is 3. The van der Waals surface area contributed by atoms with Gasteiger partial charge in [0.05, 0.1) is 10.7 Å². The van der Waals surface area contributed by atoms with E-state index in [0.29, 0.717) is 6.61 Å². The fourth-order valence-electron chi connectivity index (χ4n) is 3.81. The van der Waals surface area contributed by atoms with Gasteiger partial charge in [0.2, 0.25) is 0 Å². The van der Waals surface area contributed by atoms with Crippen LogP contribution in [0.2, 0.25) is 5.02 Å². The molecule has 4 heteroatoms. The predicted molar refractivity (Wildman–Crippen MR) is 127 cm³/mol. The first-order chi connectivity index (χ1) is 14.7. The van der Waals surface area contributed by atoms with E-state index in [0.717, 1.165) is 41.8 Å². The van der Waals surface area contributed by atoms with Gasteiger partial charge in [-0.15, -0.1) is 0 Å². The van der Waals surface area contributed by atoms with Crippen molar-refractivity contribution in [3.8, 4) is 5.75 Å². The number of halogens is 1. The maximum absolute atomic E-state index is 6.58. The minimum atomic E-state index is 0.574. The van der Waals surface area contributed by atoms with Gasteiger partial charge in [-0.05, 0) is 67.6 Å². The number of ether oxygens (including phenoxy) is 1. The summed E-state index contributed by atoms with van der Waals surface area (Å²) >= 11 is 6.58. The molecule has 1 aliphatic heterocycles. The molecule has 0 aromatic heterocycles. The van der Waals surface area contributed by atoms with Crippen LogP contribution in [0.15, 0.2) is 66.7 Å². The van der Waals surface area contributed by atoms with Crippen molar-refractivity contribution < 1.29 is 4.74 Å². The number of rotatable bonds is 7. The maximum atomic E-state index is 6.58. The molecule has 30 heavy (non-hydrogen) atoms. The van der Waals surface area contributed by atoms with Gasteiger partial charge in [0, 0.05) is 25.3 Å². The smallest absolute Gasteiger partial charge is 0.120 e. The van der Waals surface area contributed by atoms with E-state index in [-0.39, 0.29) is 0 Å². The van der Waals surface area contributed by atoms with E-state index in [1.165, 1.54) is 36.0 Å². The number of benzene rings is 3. The highest BCUT2D eigenvalue weighted by molar-refractivity contribution is 6.33. The number of nitrogens with one attached hydrogen (secondary N) is 1. The van der Waals surface area contributed by atoms with Crippen molar-refractivity contribution >= 4 is 23.0 Å². The molecule has 0 atom stereocenters. The molecule has 3 aromatic rings. The first-order valence-corrected chi connectivity index (χ1v) is 11.1. The van der Waals surface area contributed by atoms with Crippen molar-refractivity contribution in [2.24, 2.45) is 0 Å². The number of hydrogen-bond donors (Lipinski definition) is 1. The van der Waals surface area contributed by atoms with Crippen molar-refractivity contribution in [2.75, 3.05) is 23.3 Å². The summed E-state index contributed by atoms with van der Waals surface area (Å²) in [6.45, 7) is 5.59. The lowest BCUT2D eigenvalue weighted by atomic mass is 10.1. The number of aryl methyl sites for hydroxylation is 1. The normalized spacial score (nSPS) is 13.9. The van der Waals surface area contributed by atoms with Crippen molar-refractivity contribution in [3.63, 3.8) is 0 Å². The molecular weight excluding hydrogens is 392 g/mol. The zero-order valence-electron chi connectivity index (χ0n) is 17.5. The largest absolute Gasteiger partial charge is 0.489 e. The fraction of sp³-hybridized carbons (Fsp3) is 0.308. The summed E-state index contributed by atoms with van der Waals surface area (Å²) in [7, 11) is 0. The molecule has 0 bridgehead atoms. The monoisotopic (exact) mass is 420 g/mol. The van der Waals surface area contributed by atoms with E-state index in [1.807, 2.05) is 18.2 Å². The Morgan fingerprint density at radius 3 is 2.47 bits per heavy atom. The maximum Gasteiger partial charge on any atom is 0.120 e. The summed E-state index contributed by atoms with van der Waals surface area (Å²) in [5.74, 6) is 0.883. The van der Waals surface area contributed by atoms with Gasteiger partial charge in [0.15, 0.2) is 0 Å². The van der Waals surface area contributed by atoms with Crippen molar-refractivity contribution in [2.45, 2.75) is 39.3 Å². The van der Waals surface area contributed by atoms with E-state index in [4.69, 9.17) is 16.3 Å². The second-order valence-corrected chi connectivity index (χ2v) is 8.40. The molecule has 1 N–H and O–H groups in total. The predicted octanol–water partition coefficient (Wildman–Crippen LogP) is 6.83. The Bertz CT molecular complexity index is 965. The van der Waals surface area contributed by atoms with Crippen LogP contribution in [-0.4, -0.2) is 13.1 Å². The van der Waals surface area contributed by atoms with Crippen molar-refractivity contribution in [1.82, 2.24) is 0 Å². The Labute approximate surface area is 184 Å². The third-order valence-electron chi connectivity index (χ3n) is 5.57. The third kappa shape index (κ3) is 5.48. The quantitative estimate of drug-likeness (QED) is 0.453. The Morgan fingerprint density at radius 1 is 0.900 bits per heavy atom. The average molecular weight is 421 g/mol. The molecule has 1 fully saturated rings. The van der Waals surface area contributed by atoms with Crippen LogP contribution >= 0.6 is 11.6 Å². The van der Waals surface area contributed by atoms with Crippen LogP contribution in [0.5, 0.6) is 5.75 Å². The highest BCUT2D eigenvalue weighted by atomic mass is 35.5. The minimum Gasteiger partial charge on any atom is -0.489 e. The third-order valence-corrected chi connectivity index (χ3v) is 5.87. The molecule has 156 valence electrons. The summed E-state index contributed by atoms with van der Waals surface area (Å²) in [5, 5.41) is 4.30. The van der Waals surface area contributed by atoms with E-state index >= 15 is 0 Å². The first-order valence-electron chi connectivity index (χ1n) is 10.7. The van der Waals surface area contributed by atoms with Crippen LogP contribution < -0.4 is 15.0 Å². The molecule has 1 saturated heterocycles. The van der Waals surface area contributed by atoms with Crippen LogP contribution in [0, 0.1) is 6.92 Å². The SMILES string of the molecule is Cc1ccc(COc2cccc(CNc3ccc(N4CCCCC4)c(Cl)c3)c2)cc1. The minimum absolute atomic E-state index is 0.574. The number of nitrogens with zero attached hydrogens (tertiary/aromatic N) is 1. The molecule has 0 unspecified atom stereocenters. The van der Waals surface area contributed by atoms with E-state index in [1.54, 1.807) is 0 Å². The highest BCUT2D eigenvalue weighted by Gasteiger charge is 2.14. The van der Waals surface area contributed by atoms with Crippen LogP contribution in [0.1, 0.15) is 36.0 Å². The summed E-state index contributed by atoms with van der Waals surface area (Å²) in [6, 6.07) is 23.0. The summed E-state index contributed by atoms with van der Waals surface area (Å²) in [4.78, 5) is 2.39. The van der Waals surface area contributed by atoms with Gasteiger partial charge < -0.3 is 15.0 Å². The van der Waals surface area contributed by atoms with Gasteiger partial charge >= 0.3 is 0 Å². The average Bonchev–Trinajstić information content (AvgIpc) is 2.78. The summed E-state index contributed by atoms with van der Waals surface area (Å²) in [6.07, 6.45) is 3.82. The summed E-state index contributed by atoms with van der Waals surface area (Å²) in [5.41, 5.74) is 5.79. The number of anilines is 2. The second-order valence-electron chi connectivity index (χ2n) is 7.99. The summed E-state index contributed by atoms with van der Waals surface area (Å²) < 4.78 is 5.97. The molecule has 0 amide bonds. The van der Waals surface area contributed by atoms with E-state index in [9.17, 15) is 0 Å². The number of piperidine rings is 1. The molecule has 0 spiro atoms. The lowest BCUT2D eigenvalue weighted by Crippen LogP contribution is -2.29. The molecule has 3 aromatic carbocycles. The standard InChI is InChI=1S/C26H29ClN2O/c1-20-8-10-21(11-9-20)19-30-24-7-5-6-22(16-24)18-28-23-12-13-26(25(27)17-23)29-14-3-2-4-15-29/h5-13,16-17,28H,2-4,14-15,18-19H2,1H3. The molecule has 1 heterocycles.